The number of nitrogens with zero attached hydrogens (tertiary/aromatic N) is 2. The van der Waals surface area contributed by atoms with Gasteiger partial charge in [-0.2, -0.15) is 0 Å². The highest BCUT2D eigenvalue weighted by molar-refractivity contribution is 5.91. The molecule has 2 heterocycles. The van der Waals surface area contributed by atoms with Crippen LogP contribution in [0.4, 0.5) is 10.5 Å². The summed E-state index contributed by atoms with van der Waals surface area (Å²) in [5, 5.41) is 8.95. The Morgan fingerprint density at radius 2 is 2.10 bits per heavy atom. The van der Waals surface area contributed by atoms with Crippen LogP contribution in [-0.2, 0) is 11.2 Å². The van der Waals surface area contributed by atoms with Crippen molar-refractivity contribution in [1.82, 2.24) is 4.98 Å². The van der Waals surface area contributed by atoms with Gasteiger partial charge in [0.25, 0.3) is 0 Å². The van der Waals surface area contributed by atoms with Crippen LogP contribution in [0.3, 0.4) is 0 Å². The van der Waals surface area contributed by atoms with Gasteiger partial charge in [0.05, 0.1) is 11.9 Å². The molecule has 0 aliphatic carbocycles. The fraction of sp³-hybridized carbons (Fsp3) is 0.500. The lowest BCUT2D eigenvalue weighted by molar-refractivity contribution is 0.0577. The predicted octanol–water partition coefficient (Wildman–Crippen LogP) is 2.47. The molecule has 6 heteroatoms. The number of rotatable bonds is 1. The molecule has 0 saturated heterocycles. The number of hydrogen-bond donors (Lipinski definition) is 1. The zero-order valence-electron chi connectivity index (χ0n) is 11.8. The number of aromatic carboxylic acids is 1. The summed E-state index contributed by atoms with van der Waals surface area (Å²) in [6, 6.07) is 1.52. The van der Waals surface area contributed by atoms with Crippen molar-refractivity contribution in [2.24, 2.45) is 0 Å². The molecule has 1 aromatic heterocycles. The van der Waals surface area contributed by atoms with E-state index in [-0.39, 0.29) is 5.69 Å². The number of carboxylic acid groups (broad SMARTS) is 1. The first-order valence-corrected chi connectivity index (χ1v) is 6.50. The van der Waals surface area contributed by atoms with Crippen LogP contribution in [0.2, 0.25) is 0 Å². The lowest BCUT2D eigenvalue weighted by atomic mass is 10.0. The molecule has 0 aromatic carbocycles. The molecule has 108 valence electrons. The van der Waals surface area contributed by atoms with E-state index in [0.717, 1.165) is 18.4 Å². The lowest BCUT2D eigenvalue weighted by Crippen LogP contribution is -2.40. The van der Waals surface area contributed by atoms with Gasteiger partial charge >= 0.3 is 12.1 Å². The molecule has 1 N–H and O–H groups in total. The Morgan fingerprint density at radius 1 is 1.40 bits per heavy atom. The molecule has 0 fully saturated rings. The van der Waals surface area contributed by atoms with Gasteiger partial charge in [0.15, 0.2) is 0 Å². The molecular formula is C14H18N2O4. The second-order valence-electron chi connectivity index (χ2n) is 5.74. The van der Waals surface area contributed by atoms with E-state index in [1.807, 2.05) is 20.8 Å². The Balaban J connectivity index is 2.29. The zero-order valence-corrected chi connectivity index (χ0v) is 11.8. The summed E-state index contributed by atoms with van der Waals surface area (Å²) in [5.74, 6) is -1.07. The van der Waals surface area contributed by atoms with Crippen LogP contribution in [0.15, 0.2) is 12.3 Å². The molecule has 0 atom stereocenters. The molecule has 20 heavy (non-hydrogen) atoms. The van der Waals surface area contributed by atoms with Gasteiger partial charge in [-0.05, 0) is 45.2 Å². The van der Waals surface area contributed by atoms with Gasteiger partial charge in [-0.25, -0.2) is 14.6 Å². The predicted molar refractivity (Wildman–Crippen MR) is 73.1 cm³/mol. The number of pyridine rings is 1. The molecule has 0 unspecified atom stereocenters. The van der Waals surface area contributed by atoms with E-state index < -0.39 is 17.7 Å². The molecule has 1 amide bonds. The Labute approximate surface area is 117 Å². The van der Waals surface area contributed by atoms with Crippen LogP contribution in [0.5, 0.6) is 0 Å². The normalized spacial score (nSPS) is 14.7. The van der Waals surface area contributed by atoms with Gasteiger partial charge in [0.2, 0.25) is 0 Å². The minimum Gasteiger partial charge on any atom is -0.477 e. The number of anilines is 1. The van der Waals surface area contributed by atoms with Crippen molar-refractivity contribution in [3.63, 3.8) is 0 Å². The number of aryl methyl sites for hydroxylation is 1. The third-order valence-corrected chi connectivity index (χ3v) is 2.92. The van der Waals surface area contributed by atoms with Crippen LogP contribution in [0.25, 0.3) is 0 Å². The van der Waals surface area contributed by atoms with E-state index in [2.05, 4.69) is 4.98 Å². The second-order valence-corrected chi connectivity index (χ2v) is 5.74. The summed E-state index contributed by atoms with van der Waals surface area (Å²) in [6.07, 6.45) is 2.51. The van der Waals surface area contributed by atoms with Crippen molar-refractivity contribution in [1.29, 1.82) is 0 Å². The highest BCUT2D eigenvalue weighted by Gasteiger charge is 2.28. The Bertz CT molecular complexity index is 549. The SMILES string of the molecule is CC(C)(C)OC(=O)N1CCCc2cc(C(=O)O)ncc21. The summed E-state index contributed by atoms with van der Waals surface area (Å²) < 4.78 is 5.35. The largest absolute Gasteiger partial charge is 0.477 e. The fourth-order valence-corrected chi connectivity index (χ4v) is 2.10. The van der Waals surface area contributed by atoms with Crippen molar-refractivity contribution >= 4 is 17.7 Å². The quantitative estimate of drug-likeness (QED) is 0.853. The summed E-state index contributed by atoms with van der Waals surface area (Å²) in [4.78, 5) is 28.5. The number of aromatic nitrogens is 1. The van der Waals surface area contributed by atoms with Crippen LogP contribution in [-0.4, -0.2) is 34.3 Å². The maximum atomic E-state index is 12.2. The summed E-state index contributed by atoms with van der Waals surface area (Å²) >= 11 is 0. The third-order valence-electron chi connectivity index (χ3n) is 2.92. The number of carboxylic acids is 1. The Kier molecular flexibility index (Phi) is 3.65. The van der Waals surface area contributed by atoms with E-state index in [1.165, 1.54) is 17.2 Å². The average Bonchev–Trinajstić information content (AvgIpc) is 2.35. The van der Waals surface area contributed by atoms with E-state index >= 15 is 0 Å². The minimum atomic E-state index is -1.07. The number of fused-ring (bicyclic) bond motifs is 1. The van der Waals surface area contributed by atoms with Gasteiger partial charge in [0.1, 0.15) is 11.3 Å². The first-order chi connectivity index (χ1) is 9.28. The molecule has 0 bridgehead atoms. The highest BCUT2D eigenvalue weighted by Crippen LogP contribution is 2.28. The molecule has 6 nitrogen and oxygen atoms in total. The van der Waals surface area contributed by atoms with Crippen LogP contribution in [0, 0.1) is 0 Å². The van der Waals surface area contributed by atoms with Gasteiger partial charge in [-0.15, -0.1) is 0 Å². The lowest BCUT2D eigenvalue weighted by Gasteiger charge is -2.31. The topological polar surface area (TPSA) is 79.7 Å². The third kappa shape index (κ3) is 3.07. The summed E-state index contributed by atoms with van der Waals surface area (Å²) in [5.41, 5.74) is 0.878. The number of carbonyl (C=O) groups is 2. The Morgan fingerprint density at radius 3 is 2.70 bits per heavy atom. The van der Waals surface area contributed by atoms with Crippen molar-refractivity contribution in [3.8, 4) is 0 Å². The Hall–Kier alpha value is -2.11. The number of hydrogen-bond acceptors (Lipinski definition) is 4. The molecular weight excluding hydrogens is 260 g/mol. The second kappa shape index (κ2) is 5.11. The number of amides is 1. The van der Waals surface area contributed by atoms with Crippen LogP contribution in [0.1, 0.15) is 43.2 Å². The molecule has 0 saturated carbocycles. The molecule has 0 radical (unpaired) electrons. The van der Waals surface area contributed by atoms with Gasteiger partial charge in [-0.3, -0.25) is 4.90 Å². The van der Waals surface area contributed by atoms with Crippen molar-refractivity contribution in [2.45, 2.75) is 39.2 Å². The average molecular weight is 278 g/mol. The molecule has 1 aromatic rings. The summed E-state index contributed by atoms with van der Waals surface area (Å²) in [6.45, 7) is 5.97. The zero-order chi connectivity index (χ0) is 14.9. The minimum absolute atomic E-state index is 0.00483. The number of ether oxygens (including phenoxy) is 1. The first kappa shape index (κ1) is 14.3. The van der Waals surface area contributed by atoms with Crippen molar-refractivity contribution in [2.75, 3.05) is 11.4 Å². The molecule has 1 aliphatic rings. The van der Waals surface area contributed by atoms with Gasteiger partial charge in [0, 0.05) is 6.54 Å². The van der Waals surface area contributed by atoms with Crippen LogP contribution >= 0.6 is 0 Å². The van der Waals surface area contributed by atoms with Crippen molar-refractivity contribution in [3.05, 3.63) is 23.5 Å². The van der Waals surface area contributed by atoms with E-state index in [4.69, 9.17) is 9.84 Å². The molecule has 1 aliphatic heterocycles. The fourth-order valence-electron chi connectivity index (χ4n) is 2.10. The first-order valence-electron chi connectivity index (χ1n) is 6.50. The monoisotopic (exact) mass is 278 g/mol. The maximum Gasteiger partial charge on any atom is 0.414 e. The van der Waals surface area contributed by atoms with E-state index in [0.29, 0.717) is 12.2 Å². The highest BCUT2D eigenvalue weighted by atomic mass is 16.6. The molecule has 0 spiro atoms. The standard InChI is InChI=1S/C14H18N2O4/c1-14(2,3)20-13(19)16-6-4-5-9-7-10(12(17)18)15-8-11(9)16/h7-8H,4-6H2,1-3H3,(H,17,18). The van der Waals surface area contributed by atoms with Gasteiger partial charge in [-0.1, -0.05) is 0 Å². The van der Waals surface area contributed by atoms with Crippen molar-refractivity contribution < 1.29 is 19.4 Å². The summed E-state index contributed by atoms with van der Waals surface area (Å²) in [7, 11) is 0. The maximum absolute atomic E-state index is 12.2. The molecule has 2 rings (SSSR count). The number of carbonyl (C=O) groups excluding carboxylic acids is 1. The van der Waals surface area contributed by atoms with E-state index in [1.54, 1.807) is 0 Å². The smallest absolute Gasteiger partial charge is 0.414 e. The van der Waals surface area contributed by atoms with Crippen LogP contribution < -0.4 is 4.90 Å². The van der Waals surface area contributed by atoms with E-state index in [9.17, 15) is 9.59 Å². The van der Waals surface area contributed by atoms with Gasteiger partial charge < -0.3 is 9.84 Å².